The van der Waals surface area contributed by atoms with Gasteiger partial charge in [0.15, 0.2) is 17.3 Å². The first-order valence-corrected chi connectivity index (χ1v) is 10.6. The Hall–Kier alpha value is -3.72. The van der Waals surface area contributed by atoms with Crippen LogP contribution in [0.3, 0.4) is 0 Å². The lowest BCUT2D eigenvalue weighted by Gasteiger charge is -2.18. The molecule has 0 bridgehead atoms. The second kappa shape index (κ2) is 9.41. The zero-order valence-corrected chi connectivity index (χ0v) is 18.5. The summed E-state index contributed by atoms with van der Waals surface area (Å²) in [4.78, 5) is 16.1. The van der Waals surface area contributed by atoms with Gasteiger partial charge < -0.3 is 20.1 Å². The lowest BCUT2D eigenvalue weighted by Crippen LogP contribution is -2.36. The maximum absolute atomic E-state index is 15.0. The first-order valence-electron chi connectivity index (χ1n) is 10.6. The van der Waals surface area contributed by atoms with Gasteiger partial charge in [0.05, 0.1) is 18.5 Å². The van der Waals surface area contributed by atoms with E-state index in [0.717, 1.165) is 0 Å². The lowest BCUT2D eigenvalue weighted by atomic mass is 10.0. The molecule has 0 aromatic carbocycles. The van der Waals surface area contributed by atoms with Crippen LogP contribution in [0.5, 0.6) is 0 Å². The van der Waals surface area contributed by atoms with Gasteiger partial charge in [0.1, 0.15) is 23.9 Å². The van der Waals surface area contributed by atoms with Crippen molar-refractivity contribution < 1.29 is 18.7 Å². The Morgan fingerprint density at radius 3 is 2.97 bits per heavy atom. The molecule has 0 unspecified atom stereocenters. The third-order valence-corrected chi connectivity index (χ3v) is 5.32. The number of amides is 1. The van der Waals surface area contributed by atoms with E-state index in [0.29, 0.717) is 48.0 Å². The Morgan fingerprint density at radius 1 is 1.42 bits per heavy atom. The molecule has 4 rings (SSSR count). The van der Waals surface area contributed by atoms with Gasteiger partial charge in [-0.15, -0.1) is 0 Å². The quantitative estimate of drug-likeness (QED) is 0.493. The fraction of sp³-hybridized carbons (Fsp3) is 0.476. The van der Waals surface area contributed by atoms with Crippen LogP contribution in [0, 0.1) is 11.3 Å². The van der Waals surface area contributed by atoms with Gasteiger partial charge in [-0.1, -0.05) is 0 Å². The van der Waals surface area contributed by atoms with Crippen molar-refractivity contribution in [1.82, 2.24) is 30.1 Å². The molecule has 12 heteroatoms. The molecule has 1 saturated carbocycles. The monoisotopic (exact) mass is 456 g/mol. The van der Waals surface area contributed by atoms with Crippen molar-refractivity contribution in [2.45, 2.75) is 57.5 Å². The van der Waals surface area contributed by atoms with Crippen LogP contribution < -0.4 is 10.6 Å². The van der Waals surface area contributed by atoms with Crippen molar-refractivity contribution in [2.24, 2.45) is 0 Å². The summed E-state index contributed by atoms with van der Waals surface area (Å²) in [6.45, 7) is 3.93. The van der Waals surface area contributed by atoms with Gasteiger partial charge >= 0.3 is 6.09 Å². The SMILES string of the molecule is COCc1cc2c(Nc3cc([C@@H]4CC[C@H](OC(=O)NC(C)C)[C@H]4F)[nH]n3)nc(C#N)cn2n1. The number of aromatic nitrogens is 5. The Labute approximate surface area is 189 Å². The minimum atomic E-state index is -1.35. The van der Waals surface area contributed by atoms with Crippen LogP contribution in [0.4, 0.5) is 20.8 Å². The van der Waals surface area contributed by atoms with Crippen molar-refractivity contribution in [3.8, 4) is 6.07 Å². The number of aromatic amines is 1. The molecule has 0 saturated heterocycles. The fourth-order valence-corrected chi connectivity index (χ4v) is 3.90. The number of nitrogens with one attached hydrogen (secondary N) is 3. The lowest BCUT2D eigenvalue weighted by molar-refractivity contribution is 0.0555. The topological polar surface area (TPSA) is 142 Å². The number of alkyl halides is 1. The second-order valence-electron chi connectivity index (χ2n) is 8.19. The molecule has 1 aliphatic rings. The number of ether oxygens (including phenoxy) is 2. The van der Waals surface area contributed by atoms with E-state index in [1.807, 2.05) is 19.9 Å². The van der Waals surface area contributed by atoms with E-state index in [1.165, 1.54) is 6.20 Å². The summed E-state index contributed by atoms with van der Waals surface area (Å²) >= 11 is 0. The Bertz CT molecular complexity index is 1180. The van der Waals surface area contributed by atoms with E-state index in [1.54, 1.807) is 23.8 Å². The summed E-state index contributed by atoms with van der Waals surface area (Å²) in [6.07, 6.45) is -0.326. The van der Waals surface area contributed by atoms with Crippen molar-refractivity contribution in [3.63, 3.8) is 0 Å². The van der Waals surface area contributed by atoms with Gasteiger partial charge in [0.25, 0.3) is 0 Å². The number of nitriles is 1. The van der Waals surface area contributed by atoms with Gasteiger partial charge in [-0.2, -0.15) is 15.5 Å². The van der Waals surface area contributed by atoms with Gasteiger partial charge in [-0.3, -0.25) is 5.10 Å². The summed E-state index contributed by atoms with van der Waals surface area (Å²) in [6, 6.07) is 5.41. The molecule has 0 aliphatic heterocycles. The predicted molar refractivity (Wildman–Crippen MR) is 116 cm³/mol. The van der Waals surface area contributed by atoms with E-state index in [9.17, 15) is 10.1 Å². The second-order valence-corrected chi connectivity index (χ2v) is 8.19. The highest BCUT2D eigenvalue weighted by Crippen LogP contribution is 2.38. The highest BCUT2D eigenvalue weighted by molar-refractivity contribution is 5.73. The molecule has 1 aliphatic carbocycles. The molecule has 3 aromatic rings. The summed E-state index contributed by atoms with van der Waals surface area (Å²) in [5, 5.41) is 26.4. The molecule has 3 aromatic heterocycles. The molecule has 1 amide bonds. The van der Waals surface area contributed by atoms with Crippen LogP contribution in [0.2, 0.25) is 0 Å². The molecular weight excluding hydrogens is 431 g/mol. The van der Waals surface area contributed by atoms with Crippen molar-refractivity contribution in [3.05, 3.63) is 35.4 Å². The van der Waals surface area contributed by atoms with E-state index in [2.05, 4.69) is 30.9 Å². The number of fused-ring (bicyclic) bond motifs is 1. The molecular formula is C21H25FN8O3. The summed E-state index contributed by atoms with van der Waals surface area (Å²) in [5.74, 6) is 0.321. The Kier molecular flexibility index (Phi) is 6.41. The molecule has 0 radical (unpaired) electrons. The van der Waals surface area contributed by atoms with E-state index in [-0.39, 0.29) is 11.7 Å². The number of nitrogens with zero attached hydrogens (tertiary/aromatic N) is 5. The summed E-state index contributed by atoms with van der Waals surface area (Å²) in [7, 11) is 1.57. The van der Waals surface area contributed by atoms with E-state index < -0.39 is 24.3 Å². The number of halogens is 1. The Morgan fingerprint density at radius 2 is 2.24 bits per heavy atom. The molecule has 33 heavy (non-hydrogen) atoms. The van der Waals surface area contributed by atoms with Crippen LogP contribution in [-0.4, -0.2) is 56.3 Å². The average Bonchev–Trinajstić information content (AvgIpc) is 3.47. The summed E-state index contributed by atoms with van der Waals surface area (Å²) in [5.41, 5.74) is 2.08. The number of H-pyrrole nitrogens is 1. The number of rotatable bonds is 7. The van der Waals surface area contributed by atoms with Crippen LogP contribution in [0.1, 0.15) is 49.7 Å². The molecule has 3 heterocycles. The third-order valence-electron chi connectivity index (χ3n) is 5.32. The highest BCUT2D eigenvalue weighted by Gasteiger charge is 2.40. The van der Waals surface area contributed by atoms with Crippen LogP contribution in [0.15, 0.2) is 18.3 Å². The predicted octanol–water partition coefficient (Wildman–Crippen LogP) is 2.93. The van der Waals surface area contributed by atoms with E-state index >= 15 is 4.39 Å². The standard InChI is InChI=1S/C21H25FN8O3/c1-11(2)24-21(31)33-17-5-4-14(19(17)22)15-7-18(28-27-15)26-20-16-6-12(10-32-3)29-30(16)9-13(8-23)25-20/h6-7,9,11,14,17,19H,4-5,10H2,1-3H3,(H,24,31)(H2,25,26,27,28)/t14-,17-,19-/m0/s1. The molecule has 0 spiro atoms. The number of anilines is 2. The minimum Gasteiger partial charge on any atom is -0.443 e. The largest absolute Gasteiger partial charge is 0.443 e. The van der Waals surface area contributed by atoms with Gasteiger partial charge in [0.2, 0.25) is 0 Å². The normalized spacial score (nSPS) is 20.2. The highest BCUT2D eigenvalue weighted by atomic mass is 19.1. The van der Waals surface area contributed by atoms with Crippen LogP contribution in [0.25, 0.3) is 5.52 Å². The fourth-order valence-electron chi connectivity index (χ4n) is 3.90. The van der Waals surface area contributed by atoms with Gasteiger partial charge in [0, 0.05) is 30.8 Å². The number of hydrogen-bond acceptors (Lipinski definition) is 8. The van der Waals surface area contributed by atoms with Gasteiger partial charge in [-0.25, -0.2) is 18.7 Å². The zero-order valence-electron chi connectivity index (χ0n) is 18.5. The third kappa shape index (κ3) is 4.88. The first-order chi connectivity index (χ1) is 15.9. The first kappa shape index (κ1) is 22.5. The Balaban J connectivity index is 1.50. The molecule has 1 fully saturated rings. The minimum absolute atomic E-state index is 0.0880. The van der Waals surface area contributed by atoms with E-state index in [4.69, 9.17) is 9.47 Å². The molecule has 3 N–H and O–H groups in total. The molecule has 174 valence electrons. The molecule has 3 atom stereocenters. The average molecular weight is 456 g/mol. The number of hydrogen-bond donors (Lipinski definition) is 3. The number of carbonyl (C=O) groups is 1. The zero-order chi connectivity index (χ0) is 23.5. The summed E-state index contributed by atoms with van der Waals surface area (Å²) < 4.78 is 26.9. The van der Waals surface area contributed by atoms with Crippen molar-refractivity contribution in [1.29, 1.82) is 5.26 Å². The van der Waals surface area contributed by atoms with Crippen molar-refractivity contribution in [2.75, 3.05) is 12.4 Å². The number of carbonyl (C=O) groups excluding carboxylic acids is 1. The number of methoxy groups -OCH3 is 1. The molecule has 11 nitrogen and oxygen atoms in total. The maximum atomic E-state index is 15.0. The maximum Gasteiger partial charge on any atom is 0.407 e. The van der Waals surface area contributed by atoms with Gasteiger partial charge in [-0.05, 0) is 32.8 Å². The van der Waals surface area contributed by atoms with Crippen LogP contribution >= 0.6 is 0 Å². The smallest absolute Gasteiger partial charge is 0.407 e. The van der Waals surface area contributed by atoms with Crippen LogP contribution in [-0.2, 0) is 16.1 Å². The van der Waals surface area contributed by atoms with Crippen molar-refractivity contribution >= 4 is 23.2 Å². The number of alkyl carbamates (subject to hydrolysis) is 1.